The van der Waals surface area contributed by atoms with Gasteiger partial charge < -0.3 is 149 Å². The van der Waals surface area contributed by atoms with Gasteiger partial charge in [0, 0.05) is 5.41 Å². The predicted octanol–water partition coefficient (Wildman–Crippen LogP) is -5.11. The number of aliphatic hydroxyl groups is 18. The summed E-state index contributed by atoms with van der Waals surface area (Å²) in [6, 6.07) is 0. The lowest BCUT2D eigenvalue weighted by atomic mass is 9.33. The summed E-state index contributed by atoms with van der Waals surface area (Å²) >= 11 is 0. The highest BCUT2D eigenvalue weighted by atomic mass is 16.8. The number of rotatable bonds is 14. The molecule has 0 radical (unpaired) electrons. The molecule has 4 saturated carbocycles. The molecule has 10 fully saturated rings. The van der Waals surface area contributed by atoms with E-state index in [1.54, 1.807) is 6.92 Å². The third kappa shape index (κ3) is 12.4. The minimum Gasteiger partial charge on any atom is -0.432 e. The average molecular weight is 1370 g/mol. The summed E-state index contributed by atoms with van der Waals surface area (Å²) in [5.41, 5.74) is -4.41. The second kappa shape index (κ2) is 27.3. The molecule has 5 aliphatic carbocycles. The van der Waals surface area contributed by atoms with Crippen molar-refractivity contribution in [3.05, 3.63) is 11.6 Å². The molecule has 31 nitrogen and oxygen atoms in total. The van der Waals surface area contributed by atoms with Gasteiger partial charge in [-0.3, -0.25) is 4.79 Å². The van der Waals surface area contributed by atoms with E-state index in [-0.39, 0.29) is 36.5 Å². The van der Waals surface area contributed by atoms with E-state index in [1.165, 1.54) is 20.8 Å². The lowest BCUT2D eigenvalue weighted by Crippen LogP contribution is -2.71. The summed E-state index contributed by atoms with van der Waals surface area (Å²) in [6.45, 7) is 14.4. The van der Waals surface area contributed by atoms with Gasteiger partial charge in [0.2, 0.25) is 6.29 Å². The van der Waals surface area contributed by atoms with Gasteiger partial charge in [0.15, 0.2) is 37.6 Å². The largest absolute Gasteiger partial charge is 0.432 e. The molecule has 0 bridgehead atoms. The Labute approximate surface area is 550 Å². The molecule has 0 aromatic heterocycles. The normalized spacial score (nSPS) is 56.4. The second-order valence-electron chi connectivity index (χ2n) is 31.1. The first-order valence-corrected chi connectivity index (χ1v) is 33.6. The van der Waals surface area contributed by atoms with Gasteiger partial charge in [0.25, 0.3) is 0 Å². The molecule has 18 N–H and O–H groups in total. The number of hydrogen-bond acceptors (Lipinski definition) is 31. The Bertz CT molecular complexity index is 2700. The van der Waals surface area contributed by atoms with E-state index >= 15 is 4.79 Å². The molecular weight excluding hydrogens is 1260 g/mol. The van der Waals surface area contributed by atoms with Crippen LogP contribution in [0.5, 0.6) is 0 Å². The van der Waals surface area contributed by atoms with Crippen LogP contribution >= 0.6 is 0 Å². The minimum atomic E-state index is -2.01. The van der Waals surface area contributed by atoms with Crippen molar-refractivity contribution < 1.29 is 154 Å². The predicted molar refractivity (Wildman–Crippen MR) is 316 cm³/mol. The fourth-order valence-corrected chi connectivity index (χ4v) is 19.0. The number of esters is 1. The number of ether oxygens (including phenoxy) is 12. The van der Waals surface area contributed by atoms with Crippen LogP contribution in [0.4, 0.5) is 0 Å². The maximum absolute atomic E-state index is 15.6. The number of allylic oxidation sites excluding steroid dienone is 2. The van der Waals surface area contributed by atoms with Gasteiger partial charge in [0.05, 0.1) is 63.1 Å². The number of aliphatic hydroxyl groups excluding tert-OH is 18. The number of carbonyl (C=O) groups excluding carboxylic acids is 1. The van der Waals surface area contributed by atoms with Gasteiger partial charge in [-0.1, -0.05) is 53.2 Å². The van der Waals surface area contributed by atoms with Crippen molar-refractivity contribution in [2.24, 2.45) is 50.2 Å². The third-order valence-electron chi connectivity index (χ3n) is 24.9. The van der Waals surface area contributed by atoms with E-state index in [2.05, 4.69) is 40.7 Å². The Morgan fingerprint density at radius 2 is 1.03 bits per heavy atom. The zero-order valence-electron chi connectivity index (χ0n) is 55.0. The summed E-state index contributed by atoms with van der Waals surface area (Å²) in [6.07, 6.45) is -44.7. The van der Waals surface area contributed by atoms with Crippen LogP contribution in [0.15, 0.2) is 11.6 Å². The third-order valence-corrected chi connectivity index (χ3v) is 24.9. The van der Waals surface area contributed by atoms with E-state index in [4.69, 9.17) is 56.8 Å². The molecular formula is C64H104O31. The molecule has 31 heteroatoms. The lowest BCUT2D eigenvalue weighted by Gasteiger charge is -2.72. The highest BCUT2D eigenvalue weighted by molar-refractivity contribution is 5.80. The lowest BCUT2D eigenvalue weighted by molar-refractivity contribution is -0.380. The van der Waals surface area contributed by atoms with Crippen LogP contribution in [0, 0.1) is 50.2 Å². The van der Waals surface area contributed by atoms with Crippen molar-refractivity contribution in [1.82, 2.24) is 0 Å². The smallest absolute Gasteiger partial charge is 0.317 e. The first kappa shape index (κ1) is 74.2. The van der Waals surface area contributed by atoms with Crippen molar-refractivity contribution in [2.45, 2.75) is 304 Å². The summed E-state index contributed by atoms with van der Waals surface area (Å²) in [7, 11) is 0. The maximum atomic E-state index is 15.6. The van der Waals surface area contributed by atoms with Crippen LogP contribution in [0.25, 0.3) is 0 Å². The molecule has 0 spiro atoms. The van der Waals surface area contributed by atoms with Crippen molar-refractivity contribution in [2.75, 3.05) is 26.4 Å². The topological polar surface area (TPSA) is 492 Å². The molecule has 6 saturated heterocycles. The van der Waals surface area contributed by atoms with E-state index in [0.29, 0.717) is 32.1 Å². The molecule has 0 aromatic rings. The van der Waals surface area contributed by atoms with Crippen LogP contribution in [0.1, 0.15) is 114 Å². The Morgan fingerprint density at radius 1 is 0.495 bits per heavy atom. The molecule has 39 atom stereocenters. The fourth-order valence-electron chi connectivity index (χ4n) is 19.0. The van der Waals surface area contributed by atoms with Crippen molar-refractivity contribution in [1.29, 1.82) is 0 Å². The fraction of sp³-hybridized carbons (Fsp3) is 0.953. The van der Waals surface area contributed by atoms with Crippen LogP contribution in [0.2, 0.25) is 0 Å². The molecule has 11 rings (SSSR count). The Kier molecular flexibility index (Phi) is 21.4. The highest BCUT2D eigenvalue weighted by Gasteiger charge is 2.74. The molecule has 6 heterocycles. The van der Waals surface area contributed by atoms with Gasteiger partial charge in [-0.25, -0.2) is 0 Å². The first-order valence-electron chi connectivity index (χ1n) is 33.6. The molecule has 6 aliphatic heterocycles. The van der Waals surface area contributed by atoms with Crippen molar-refractivity contribution in [3.63, 3.8) is 0 Å². The zero-order valence-corrected chi connectivity index (χ0v) is 55.0. The van der Waals surface area contributed by atoms with E-state index in [9.17, 15) is 91.9 Å². The van der Waals surface area contributed by atoms with Crippen molar-refractivity contribution >= 4 is 5.97 Å². The van der Waals surface area contributed by atoms with E-state index in [0.717, 1.165) is 5.57 Å². The first-order chi connectivity index (χ1) is 44.4. The summed E-state index contributed by atoms with van der Waals surface area (Å²) in [5, 5.41) is 201. The number of hydrogen-bond donors (Lipinski definition) is 18. The van der Waals surface area contributed by atoms with Crippen LogP contribution in [-0.2, 0) is 61.6 Å². The van der Waals surface area contributed by atoms with Crippen LogP contribution in [-0.4, -0.2) is 315 Å². The van der Waals surface area contributed by atoms with Crippen molar-refractivity contribution in [3.8, 4) is 0 Å². The van der Waals surface area contributed by atoms with Gasteiger partial charge in [-0.2, -0.15) is 0 Å². The van der Waals surface area contributed by atoms with Gasteiger partial charge in [-0.15, -0.1) is 0 Å². The van der Waals surface area contributed by atoms with Crippen LogP contribution < -0.4 is 0 Å². The van der Waals surface area contributed by atoms with E-state index in [1.807, 2.05) is 0 Å². The zero-order chi connectivity index (χ0) is 69.5. The summed E-state index contributed by atoms with van der Waals surface area (Å²) in [4.78, 5) is 15.6. The quantitative estimate of drug-likeness (QED) is 0.0439. The maximum Gasteiger partial charge on any atom is 0.317 e. The molecule has 11 aliphatic rings. The number of carbonyl (C=O) groups is 1. The minimum absolute atomic E-state index is 0.0820. The van der Waals surface area contributed by atoms with Crippen LogP contribution in [0.3, 0.4) is 0 Å². The molecule has 0 amide bonds. The SMILES string of the molecule is C[C@@H]1O[C@@H](O[C@@H]2[C@@H](O)[C@H](O[C@@H]3[C@@H](O)[C@@H](O)[C@H](O[C@H]4[C@H](OC(=O)[C@]56CCC(C)(C)C[C@H]5C5=CC[C@@H]7[C@@]8(C)C[C@H](O)[C@H](O[C@@H]9O[C@H](CO)[C@@H](O)[C@H](O[C@@H]%10OC[C@@H](O)[C@H](O)[C@H]%10O)[C@H]9O)[C@@](C)(CO)C8CC[C@@]7(C)[C@]5(C)C[C@H]6O)O[C@H](C)[C@H](O)[C@@H]4O)O[C@H]3C)OC[C@H]2O)[C@H](O)[C@H](O)[C@H]1O. The average Bonchev–Trinajstić information content (AvgIpc) is 0.670. The molecule has 95 heavy (non-hydrogen) atoms. The molecule has 1 unspecified atom stereocenters. The monoisotopic (exact) mass is 1370 g/mol. The summed E-state index contributed by atoms with van der Waals surface area (Å²) < 4.78 is 71.1. The Morgan fingerprint density at radius 3 is 1.68 bits per heavy atom. The highest BCUT2D eigenvalue weighted by Crippen LogP contribution is 2.76. The van der Waals surface area contributed by atoms with E-state index < -0.39 is 256 Å². The van der Waals surface area contributed by atoms with Gasteiger partial charge >= 0.3 is 5.97 Å². The Balaban J connectivity index is 0.802. The van der Waals surface area contributed by atoms with Gasteiger partial charge in [-0.05, 0) is 112 Å². The summed E-state index contributed by atoms with van der Waals surface area (Å²) in [5.74, 6) is -2.06. The van der Waals surface area contributed by atoms with Gasteiger partial charge in [0.1, 0.15) is 115 Å². The molecule has 0 aromatic carbocycles. The Hall–Kier alpha value is -1.95. The standard InChI is InChI=1S/C64H104O31/c1-23-35(71)39(75)43(79)54(86-23)91-48-30(69)21-85-53(45(48)81)90-47-25(3)88-55(44(80)41(47)77)93-50-40(76)36(72)24(2)87-57(50)95-58(83)64-15-14-59(4,5)16-27(64)26-10-11-33-60(6)17-28(67)51(61(7,22-66)32(60)12-13-62(33,8)63(26,9)18-34(64)70)94-56-46(82)49(38(74)31(19-65)89-56)92-52-42(78)37(73)29(68)20-84-52/h10,23-25,27-57,65-82H,11-22H2,1-9H3/t23-,24+,25-,27-,28-,29+,30+,31+,32?,33+,34+,35-,36-,37-,38+,39+,40-,41-,42+,43+,44+,45+,46+,47-,48-,49-,50+,51-,52-,53-,54-,55-,56-,57-,60-,61-,62+,63+,64+/m0/s1. The number of fused-ring (bicyclic) bond motifs is 7. The second-order valence-corrected chi connectivity index (χ2v) is 31.1. The molecule has 546 valence electrons.